The van der Waals surface area contributed by atoms with Crippen LogP contribution in [0.25, 0.3) is 10.9 Å². The molecule has 21 heavy (non-hydrogen) atoms. The lowest BCUT2D eigenvalue weighted by atomic mass is 10.2. The predicted octanol–water partition coefficient (Wildman–Crippen LogP) is 3.36. The highest BCUT2D eigenvalue weighted by Gasteiger charge is 2.12. The molecule has 5 nitrogen and oxygen atoms in total. The molecule has 104 valence electrons. The third kappa shape index (κ3) is 2.64. The van der Waals surface area contributed by atoms with Gasteiger partial charge in [-0.1, -0.05) is 17.7 Å². The van der Waals surface area contributed by atoms with Gasteiger partial charge < -0.3 is 10.5 Å². The van der Waals surface area contributed by atoms with Crippen LogP contribution in [0.3, 0.4) is 0 Å². The number of hydrogen-bond acceptors (Lipinski definition) is 4. The van der Waals surface area contributed by atoms with Crippen LogP contribution in [0.4, 0.5) is 0 Å². The van der Waals surface area contributed by atoms with Gasteiger partial charge in [-0.3, -0.25) is 10.4 Å². The van der Waals surface area contributed by atoms with Gasteiger partial charge in [0.05, 0.1) is 5.52 Å². The molecule has 0 unspecified atom stereocenters. The van der Waals surface area contributed by atoms with E-state index in [1.807, 2.05) is 24.3 Å². The number of halogens is 1. The third-order valence-electron chi connectivity index (χ3n) is 2.94. The highest BCUT2D eigenvalue weighted by Crippen LogP contribution is 2.30. The van der Waals surface area contributed by atoms with Crippen LogP contribution in [0.1, 0.15) is 5.56 Å². The smallest absolute Gasteiger partial charge is 0.238 e. The third-order valence-corrected chi connectivity index (χ3v) is 3.30. The minimum absolute atomic E-state index is 0.132. The quantitative estimate of drug-likeness (QED) is 0.573. The molecule has 0 aliphatic rings. The summed E-state index contributed by atoms with van der Waals surface area (Å²) in [5, 5.41) is 8.69. The first-order valence-electron chi connectivity index (χ1n) is 6.16. The maximum Gasteiger partial charge on any atom is 0.238 e. The zero-order chi connectivity index (χ0) is 14.8. The van der Waals surface area contributed by atoms with Crippen LogP contribution in [0, 0.1) is 5.41 Å². The van der Waals surface area contributed by atoms with Gasteiger partial charge in [0.1, 0.15) is 16.6 Å². The Morgan fingerprint density at radius 1 is 1.14 bits per heavy atom. The second kappa shape index (κ2) is 5.38. The summed E-state index contributed by atoms with van der Waals surface area (Å²) in [6.07, 6.45) is 3.21. The molecule has 0 atom stereocenters. The Morgan fingerprint density at radius 2 is 2.00 bits per heavy atom. The number of pyridine rings is 2. The van der Waals surface area contributed by atoms with Gasteiger partial charge >= 0.3 is 0 Å². The second-order valence-electron chi connectivity index (χ2n) is 4.35. The highest BCUT2D eigenvalue weighted by atomic mass is 35.5. The maximum absolute atomic E-state index is 7.46. The van der Waals surface area contributed by atoms with Crippen LogP contribution in [0.15, 0.2) is 48.8 Å². The van der Waals surface area contributed by atoms with E-state index in [0.717, 1.165) is 10.9 Å². The Hall–Kier alpha value is -2.66. The molecule has 0 aliphatic carbocycles. The number of rotatable bonds is 3. The molecular weight excluding hydrogens is 288 g/mol. The lowest BCUT2D eigenvalue weighted by Crippen LogP contribution is -2.12. The number of amidine groups is 1. The van der Waals surface area contributed by atoms with Crippen molar-refractivity contribution >= 4 is 28.3 Å². The van der Waals surface area contributed by atoms with Crippen molar-refractivity contribution in [3.8, 4) is 11.6 Å². The van der Waals surface area contributed by atoms with Crippen molar-refractivity contribution in [2.45, 2.75) is 0 Å². The number of nitrogens with two attached hydrogens (primary N) is 1. The second-order valence-corrected chi connectivity index (χ2v) is 4.73. The number of hydrogen-bond donors (Lipinski definition) is 2. The average Bonchev–Trinajstić information content (AvgIpc) is 2.49. The topological polar surface area (TPSA) is 84.9 Å². The van der Waals surface area contributed by atoms with Gasteiger partial charge in [-0.2, -0.15) is 0 Å². The van der Waals surface area contributed by atoms with Crippen LogP contribution in [-0.2, 0) is 0 Å². The first-order valence-corrected chi connectivity index (χ1v) is 6.54. The molecule has 6 heteroatoms. The average molecular weight is 299 g/mol. The summed E-state index contributed by atoms with van der Waals surface area (Å²) in [4.78, 5) is 8.33. The molecule has 0 aliphatic heterocycles. The molecule has 2 aromatic heterocycles. The monoisotopic (exact) mass is 298 g/mol. The van der Waals surface area contributed by atoms with E-state index in [4.69, 9.17) is 27.5 Å². The number of nitrogens with one attached hydrogen (secondary N) is 1. The van der Waals surface area contributed by atoms with Gasteiger partial charge in [0.2, 0.25) is 5.88 Å². The number of ether oxygens (including phenoxy) is 1. The number of nitrogen functional groups attached to an aromatic ring is 1. The van der Waals surface area contributed by atoms with Crippen molar-refractivity contribution in [3.05, 3.63) is 59.4 Å². The first-order chi connectivity index (χ1) is 10.1. The van der Waals surface area contributed by atoms with Crippen LogP contribution in [-0.4, -0.2) is 15.8 Å². The fraction of sp³-hybridized carbons (Fsp3) is 0. The van der Waals surface area contributed by atoms with Gasteiger partial charge in [0, 0.05) is 29.4 Å². The molecule has 0 saturated carbocycles. The van der Waals surface area contributed by atoms with Gasteiger partial charge in [-0.25, -0.2) is 4.98 Å². The van der Waals surface area contributed by atoms with Gasteiger partial charge in [0.15, 0.2) is 0 Å². The zero-order valence-electron chi connectivity index (χ0n) is 10.9. The lowest BCUT2D eigenvalue weighted by molar-refractivity contribution is 0.463. The van der Waals surface area contributed by atoms with E-state index >= 15 is 0 Å². The molecule has 0 saturated heterocycles. The molecule has 3 rings (SSSR count). The van der Waals surface area contributed by atoms with Crippen molar-refractivity contribution in [1.82, 2.24) is 9.97 Å². The van der Waals surface area contributed by atoms with Crippen LogP contribution in [0.5, 0.6) is 11.6 Å². The molecule has 2 heterocycles. The normalized spacial score (nSPS) is 10.5. The highest BCUT2D eigenvalue weighted by molar-refractivity contribution is 6.35. The molecule has 0 radical (unpaired) electrons. The Labute approximate surface area is 125 Å². The minimum atomic E-state index is -0.132. The van der Waals surface area contributed by atoms with Gasteiger partial charge in [-0.15, -0.1) is 0 Å². The summed E-state index contributed by atoms with van der Waals surface area (Å²) in [6.45, 7) is 0. The van der Waals surface area contributed by atoms with Crippen molar-refractivity contribution in [2.24, 2.45) is 5.73 Å². The summed E-state index contributed by atoms with van der Waals surface area (Å²) in [5.74, 6) is 0.642. The Kier molecular flexibility index (Phi) is 3.41. The Balaban J connectivity index is 1.98. The van der Waals surface area contributed by atoms with E-state index in [0.29, 0.717) is 11.3 Å². The van der Waals surface area contributed by atoms with E-state index in [2.05, 4.69) is 9.97 Å². The molecular formula is C15H11ClN4O. The number of fused-ring (bicyclic) bond motifs is 1. The summed E-state index contributed by atoms with van der Waals surface area (Å²) in [6, 6.07) is 10.9. The fourth-order valence-corrected chi connectivity index (χ4v) is 2.18. The zero-order valence-corrected chi connectivity index (χ0v) is 11.6. The fourth-order valence-electron chi connectivity index (χ4n) is 1.93. The summed E-state index contributed by atoms with van der Waals surface area (Å²) >= 11 is 6.15. The standard InChI is InChI=1S/C15H11ClN4O/c16-13-11(14(17)18)5-7-20-15(13)21-10-4-3-9-2-1-6-19-12(9)8-10/h1-8H,(H3,17,18). The van der Waals surface area contributed by atoms with Crippen LogP contribution >= 0.6 is 11.6 Å². The molecule has 0 bridgehead atoms. The molecule has 3 N–H and O–H groups in total. The van der Waals surface area contributed by atoms with E-state index in [-0.39, 0.29) is 16.7 Å². The predicted molar refractivity (Wildman–Crippen MR) is 82.1 cm³/mol. The van der Waals surface area contributed by atoms with Gasteiger partial charge in [-0.05, 0) is 24.3 Å². The molecule has 3 aromatic rings. The molecule has 1 aromatic carbocycles. The number of benzene rings is 1. The molecule has 0 amide bonds. The number of aromatic nitrogens is 2. The summed E-state index contributed by atoms with van der Waals surface area (Å²) in [7, 11) is 0. The SMILES string of the molecule is N=C(N)c1ccnc(Oc2ccc3cccnc3c2)c1Cl. The lowest BCUT2D eigenvalue weighted by Gasteiger charge is -2.09. The van der Waals surface area contributed by atoms with Gasteiger partial charge in [0.25, 0.3) is 0 Å². The van der Waals surface area contributed by atoms with Crippen molar-refractivity contribution in [2.75, 3.05) is 0 Å². The van der Waals surface area contributed by atoms with E-state index in [1.165, 1.54) is 6.20 Å². The van der Waals surface area contributed by atoms with Crippen molar-refractivity contribution in [1.29, 1.82) is 5.41 Å². The first kappa shape index (κ1) is 13.3. The van der Waals surface area contributed by atoms with E-state index < -0.39 is 0 Å². The van der Waals surface area contributed by atoms with Crippen molar-refractivity contribution in [3.63, 3.8) is 0 Å². The molecule has 0 spiro atoms. The summed E-state index contributed by atoms with van der Waals surface area (Å²) in [5.41, 5.74) is 6.66. The summed E-state index contributed by atoms with van der Waals surface area (Å²) < 4.78 is 5.67. The Bertz CT molecular complexity index is 835. The minimum Gasteiger partial charge on any atom is -0.437 e. The van der Waals surface area contributed by atoms with Crippen molar-refractivity contribution < 1.29 is 4.74 Å². The number of nitrogens with zero attached hydrogens (tertiary/aromatic N) is 2. The van der Waals surface area contributed by atoms with Crippen LogP contribution in [0.2, 0.25) is 5.02 Å². The molecule has 0 fully saturated rings. The maximum atomic E-state index is 7.46. The van der Waals surface area contributed by atoms with E-state index in [1.54, 1.807) is 18.3 Å². The largest absolute Gasteiger partial charge is 0.437 e. The Morgan fingerprint density at radius 3 is 2.81 bits per heavy atom. The van der Waals surface area contributed by atoms with E-state index in [9.17, 15) is 0 Å². The van der Waals surface area contributed by atoms with Crippen LogP contribution < -0.4 is 10.5 Å².